The summed E-state index contributed by atoms with van der Waals surface area (Å²) in [6.45, 7) is 10.5. The van der Waals surface area contributed by atoms with Crippen LogP contribution in [0.25, 0.3) is 0 Å². The van der Waals surface area contributed by atoms with Crippen molar-refractivity contribution in [1.29, 1.82) is 0 Å². The number of benzene rings is 4. The van der Waals surface area contributed by atoms with E-state index >= 15 is 0 Å². The van der Waals surface area contributed by atoms with Crippen molar-refractivity contribution in [3.8, 4) is 0 Å². The van der Waals surface area contributed by atoms with Crippen LogP contribution < -0.4 is 76.7 Å². The number of hydrogen-bond donors (Lipinski definition) is 11. The van der Waals surface area contributed by atoms with Crippen molar-refractivity contribution >= 4 is 190 Å². The topological polar surface area (TPSA) is 476 Å². The van der Waals surface area contributed by atoms with E-state index in [2.05, 4.69) is 104 Å². The molecule has 3 atom stereocenters. The molecule has 654 valence electrons. The van der Waals surface area contributed by atoms with Crippen LogP contribution in [0.5, 0.6) is 0 Å². The van der Waals surface area contributed by atoms with Crippen LogP contribution in [-0.2, 0) is 52.1 Å². The molecule has 126 heavy (non-hydrogen) atoms. The summed E-state index contributed by atoms with van der Waals surface area (Å²) in [7, 11) is 0. The molecule has 0 radical (unpaired) electrons. The van der Waals surface area contributed by atoms with E-state index in [0.29, 0.717) is 78.3 Å². The molecule has 3 aliphatic heterocycles. The zero-order valence-electron chi connectivity index (χ0n) is 66.6. The predicted octanol–water partition coefficient (Wildman–Crippen LogP) is 14.0. The van der Waals surface area contributed by atoms with Gasteiger partial charge in [0.25, 0.3) is 45.9 Å². The Kier molecular flexibility index (Phi) is 27.1. The van der Waals surface area contributed by atoms with Crippen LogP contribution >= 0.6 is 102 Å². The molecule has 18 rings (SSSR count). The normalized spacial score (nSPS) is 16.9. The summed E-state index contributed by atoms with van der Waals surface area (Å²) in [5.74, 6) is -1.83. The first-order valence-electron chi connectivity index (χ1n) is 37.5. The molecule has 0 bridgehead atoms. The van der Waals surface area contributed by atoms with Gasteiger partial charge in [-0.2, -0.15) is 0 Å². The SMILES string of the molecule is CC(C)(C)OC(=O)Nc1cc(N)ncn1.CC(C)(C)OC(=O)Nc1cc(Nc2cc(Cl)c3n(c2=O)C2(CCc4ccc(F)cc42)NC3=O)ncn1.Cl.NC(=O)c1[nH]c(=O)c(Br)cc1Cl.Nc1cc(Nc2cc(Cl)c3n(c2=O)C2(CCc4ccc(F)cc42)NC3=O)ncn1.O=C1CCc2ccc(Cl)cc21.O=C1NC2(CCc3ccc(F)cc32)n2c1c(Cl)cc(Br)c2=O. The van der Waals surface area contributed by atoms with E-state index in [0.717, 1.165) is 34.2 Å². The van der Waals surface area contributed by atoms with Gasteiger partial charge in [-0.25, -0.2) is 52.7 Å². The van der Waals surface area contributed by atoms with Gasteiger partial charge in [-0.1, -0.05) is 82.3 Å². The second-order valence-corrected chi connectivity index (χ2v) is 34.4. The predicted molar refractivity (Wildman–Crippen MR) is 473 cm³/mol. The third-order valence-electron chi connectivity index (χ3n) is 20.0. The molecule has 0 saturated carbocycles. The number of nitrogens with zero attached hydrogens (tertiary/aromatic N) is 9. The number of rotatable bonds is 7. The van der Waals surface area contributed by atoms with Crippen LogP contribution in [0, 0.1) is 17.5 Å². The van der Waals surface area contributed by atoms with Gasteiger partial charge in [0.05, 0.1) is 29.0 Å². The number of aryl methyl sites for hydroxylation is 4. The Morgan fingerprint density at radius 3 is 1.25 bits per heavy atom. The molecule has 10 heterocycles. The number of Topliss-reactive ketones (excluding diaryl/α,β-unsaturated/α-hetero) is 1. The molecule has 33 nitrogen and oxygen atoms in total. The molecule has 7 aliphatic rings. The van der Waals surface area contributed by atoms with Crippen molar-refractivity contribution in [2.75, 3.05) is 32.7 Å². The van der Waals surface area contributed by atoms with Crippen LogP contribution in [-0.4, -0.2) is 101 Å². The van der Waals surface area contributed by atoms with Crippen LogP contribution in [0.1, 0.15) is 158 Å². The number of aromatic amines is 1. The molecule has 11 aromatic rings. The molecule has 4 aromatic carbocycles. The minimum absolute atomic E-state index is 0. The molecule has 0 saturated heterocycles. The van der Waals surface area contributed by atoms with Gasteiger partial charge in [0, 0.05) is 51.9 Å². The van der Waals surface area contributed by atoms with Gasteiger partial charge in [0.2, 0.25) is 0 Å². The fourth-order valence-electron chi connectivity index (χ4n) is 15.0. The van der Waals surface area contributed by atoms with E-state index in [9.17, 15) is 65.9 Å². The summed E-state index contributed by atoms with van der Waals surface area (Å²) in [6, 6.07) is 28.4. The van der Waals surface area contributed by atoms with Gasteiger partial charge in [0.1, 0.15) is 134 Å². The highest BCUT2D eigenvalue weighted by Crippen LogP contribution is 2.47. The van der Waals surface area contributed by atoms with Crippen molar-refractivity contribution in [3.63, 3.8) is 0 Å². The van der Waals surface area contributed by atoms with Crippen LogP contribution in [0.15, 0.2) is 162 Å². The van der Waals surface area contributed by atoms with Gasteiger partial charge in [-0.05, 0) is 213 Å². The third-order valence-corrected chi connectivity index (χ3v) is 22.6. The molecule has 6 amide bonds. The summed E-state index contributed by atoms with van der Waals surface area (Å²) < 4.78 is 56.6. The summed E-state index contributed by atoms with van der Waals surface area (Å²) in [6.07, 6.45) is 7.00. The van der Waals surface area contributed by atoms with E-state index in [1.165, 1.54) is 112 Å². The minimum atomic E-state index is -1.25. The number of pyridine rings is 4. The number of hydrogen-bond acceptors (Lipinski definition) is 23. The zero-order valence-corrected chi connectivity index (χ0v) is 74.4. The van der Waals surface area contributed by atoms with Crippen molar-refractivity contribution in [3.05, 3.63) is 294 Å². The number of nitrogens with one attached hydrogen (secondary N) is 8. The Morgan fingerprint density at radius 1 is 0.460 bits per heavy atom. The van der Waals surface area contributed by atoms with E-state index in [4.69, 9.17) is 84.7 Å². The number of fused-ring (bicyclic) bond motifs is 13. The fraction of sp³-hybridized carbons (Fsp3) is 0.232. The Labute approximate surface area is 759 Å². The van der Waals surface area contributed by atoms with E-state index < -0.39 is 98.1 Å². The molecule has 0 fully saturated rings. The highest BCUT2D eigenvalue weighted by molar-refractivity contribution is 9.10. The molecule has 4 aliphatic carbocycles. The maximum Gasteiger partial charge on any atom is 0.413 e. The minimum Gasteiger partial charge on any atom is -0.444 e. The highest BCUT2D eigenvalue weighted by atomic mass is 79.9. The standard InChI is InChI=1S/C24H22ClFN6O4.C19H14ClFN6O2.C15H9BrClFN2O2.C9H7ClO.C9H14N4O2.C6H4BrClN2O2.ClH/c1-23(2,3)36-22(35)30-18-10-17(27-11-28-18)29-16-9-15(25)19-20(33)31-24(32(19)21(16)34)7-6-12-4-5-13(26)8-14(12)24;20-12-6-13(25-15-7-14(22)23-8-24-15)18(29)27-16(12)17(28)26-19(27)4-3-9-1-2-10(21)5-11(9)19;16-10-6-11(17)12-13(21)19-15(20(12)14(10)22)4-3-7-1-2-8(18)5-9(7)15;10-7-3-1-6-2-4-9(11)8(6)5-7;1-9(2,3)15-8(14)13-7-4-6(10)11-5-12-7;7-2-1-3(8)4(5(9)11)10-6(2)12;/h4-5,8-11H,6-7H2,1-3H3,(H,31,33)(H2,27,28,29,30,35);1-2,5-8H,3-4H2,(H,26,28)(H3,22,23,24,25);1-2,5-6H,3-4H2,(H,19,21);1,3,5H,2,4H2;4-5H,1-3H3,(H3,10,11,12,13,14);1H,(H2,9,11)(H,10,12);1H. The lowest BCUT2D eigenvalue weighted by atomic mass is 10.0. The van der Waals surface area contributed by atoms with Gasteiger partial charge in [-0.15, -0.1) is 12.4 Å². The fourth-order valence-corrected chi connectivity index (χ4v) is 17.2. The number of primary amides is 1. The molecule has 3 spiro atoms. The molecule has 14 N–H and O–H groups in total. The number of amides is 6. The Morgan fingerprint density at radius 2 is 0.833 bits per heavy atom. The van der Waals surface area contributed by atoms with Crippen molar-refractivity contribution in [2.24, 2.45) is 5.73 Å². The summed E-state index contributed by atoms with van der Waals surface area (Å²) >= 11 is 36.4. The number of H-pyrrole nitrogens is 1. The number of ketones is 1. The number of halogens is 11. The summed E-state index contributed by atoms with van der Waals surface area (Å²) in [4.78, 5) is 159. The van der Waals surface area contributed by atoms with Crippen LogP contribution in [0.2, 0.25) is 25.1 Å². The average molecular weight is 1970 g/mol. The molecule has 7 aromatic heterocycles. The monoisotopic (exact) mass is 1970 g/mol. The first kappa shape index (κ1) is 92.9. The van der Waals surface area contributed by atoms with Crippen LogP contribution in [0.3, 0.4) is 0 Å². The van der Waals surface area contributed by atoms with Crippen molar-refractivity contribution in [1.82, 2.24) is 64.5 Å². The van der Waals surface area contributed by atoms with Crippen molar-refractivity contribution in [2.45, 2.75) is 121 Å². The third kappa shape index (κ3) is 19.4. The van der Waals surface area contributed by atoms with E-state index in [-0.39, 0.29) is 110 Å². The summed E-state index contributed by atoms with van der Waals surface area (Å²) in [5.41, 5.74) is 15.9. The number of anilines is 8. The first-order chi connectivity index (χ1) is 58.9. The number of carbonyl (C=O) groups excluding carboxylic acids is 7. The summed E-state index contributed by atoms with van der Waals surface area (Å²) in [5, 5.41) is 20.4. The average Bonchev–Trinajstić information content (AvgIpc) is 1.56. The highest BCUT2D eigenvalue weighted by Gasteiger charge is 2.53. The second kappa shape index (κ2) is 36.7. The van der Waals surface area contributed by atoms with Gasteiger partial charge < -0.3 is 58.2 Å². The zero-order chi connectivity index (χ0) is 90.4. The van der Waals surface area contributed by atoms with Crippen LogP contribution in [0.4, 0.5) is 69.0 Å². The quantitative estimate of drug-likeness (QED) is 0.0706. The largest absolute Gasteiger partial charge is 0.444 e. The number of carbonyl (C=O) groups is 7. The van der Waals surface area contributed by atoms with E-state index in [1.807, 2.05) is 12.1 Å². The number of aromatic nitrogens is 10. The van der Waals surface area contributed by atoms with Gasteiger partial charge in [-0.3, -0.25) is 67.5 Å². The number of nitrogen functional groups attached to an aromatic ring is 2. The Balaban J connectivity index is 0.000000144. The lowest BCUT2D eigenvalue weighted by molar-refractivity contribution is 0.0624. The van der Waals surface area contributed by atoms with Crippen molar-refractivity contribution < 1.29 is 56.2 Å². The maximum atomic E-state index is 14.1. The Hall–Kier alpha value is -12.3. The lowest BCUT2D eigenvalue weighted by Gasteiger charge is -2.28. The van der Waals surface area contributed by atoms with Gasteiger partial charge >= 0.3 is 12.2 Å². The molecule has 3 unspecified atom stereocenters. The molecular formula is C82H71Br2Cl6F3N20O13. The smallest absolute Gasteiger partial charge is 0.413 e. The number of nitrogens with two attached hydrogens (primary N) is 3. The molecule has 44 heteroatoms. The molecular weight excluding hydrogens is 1900 g/mol. The second-order valence-electron chi connectivity index (χ2n) is 30.7. The lowest BCUT2D eigenvalue weighted by Crippen LogP contribution is -2.47. The maximum absolute atomic E-state index is 14.1. The van der Waals surface area contributed by atoms with E-state index in [1.54, 1.807) is 65.8 Å². The number of ether oxygens (including phenoxy) is 2. The van der Waals surface area contributed by atoms with Gasteiger partial charge in [0.15, 0.2) is 5.78 Å². The Bertz CT molecular complexity index is 6620. The first-order valence-corrected chi connectivity index (χ1v) is 41.0.